The average Bonchev–Trinajstić information content (AvgIpc) is 2.83. The lowest BCUT2D eigenvalue weighted by molar-refractivity contribution is -0.118. The number of carbonyl (C=O) groups excluding carboxylic acids is 1. The van der Waals surface area contributed by atoms with E-state index in [1.54, 1.807) is 19.2 Å². The number of fused-ring (bicyclic) bond motifs is 1. The Morgan fingerprint density at radius 1 is 1.17 bits per heavy atom. The molecule has 6 heteroatoms. The Hall–Kier alpha value is -1.86. The highest BCUT2D eigenvalue weighted by Crippen LogP contribution is 2.62. The fraction of sp³-hybridized carbons (Fsp3) is 0.458. The molecule has 0 bridgehead atoms. The van der Waals surface area contributed by atoms with Crippen LogP contribution in [0.1, 0.15) is 63.6 Å². The third-order valence-corrected chi connectivity index (χ3v) is 8.68. The van der Waals surface area contributed by atoms with E-state index >= 15 is 0 Å². The topological polar surface area (TPSA) is 78.8 Å². The van der Waals surface area contributed by atoms with Crippen molar-refractivity contribution in [3.63, 3.8) is 0 Å². The van der Waals surface area contributed by atoms with Crippen LogP contribution in [0.3, 0.4) is 0 Å². The molecule has 0 amide bonds. The molecule has 0 aromatic heterocycles. The first-order valence-electron chi connectivity index (χ1n) is 10.6. The fourth-order valence-electron chi connectivity index (χ4n) is 4.72. The van der Waals surface area contributed by atoms with Crippen molar-refractivity contribution >= 4 is 16.4 Å². The van der Waals surface area contributed by atoms with Crippen LogP contribution < -0.4 is 10.1 Å². The highest BCUT2D eigenvalue weighted by molar-refractivity contribution is 8.25. The highest BCUT2D eigenvalue weighted by atomic mass is 32.3. The standard InChI is InChI=1S/C24H33NO4S/c1-5-7-15-24(6-2)23(17(3)26)30(27,28)21-14-13-19(29-4)16-20(21)22(25-24)18-11-9-8-10-12-18/h8-14,16,22-23,25,27-28H,5-7,15H2,1-4H3. The SMILES string of the molecule is CCCCC1(CC)NC(c2ccccc2)c2cc(OC)ccc2S(O)(O)C1C(C)=O. The van der Waals surface area contributed by atoms with E-state index < -0.39 is 21.4 Å². The minimum atomic E-state index is -3.40. The van der Waals surface area contributed by atoms with E-state index in [9.17, 15) is 13.9 Å². The minimum absolute atomic E-state index is 0.198. The molecule has 164 valence electrons. The molecule has 3 atom stereocenters. The molecule has 3 N–H and O–H groups in total. The summed E-state index contributed by atoms with van der Waals surface area (Å²) in [6.45, 7) is 5.60. The Morgan fingerprint density at radius 3 is 2.43 bits per heavy atom. The summed E-state index contributed by atoms with van der Waals surface area (Å²) in [7, 11) is -1.81. The maximum atomic E-state index is 12.9. The molecule has 5 nitrogen and oxygen atoms in total. The lowest BCUT2D eigenvalue weighted by Gasteiger charge is -2.48. The van der Waals surface area contributed by atoms with Crippen LogP contribution >= 0.6 is 10.6 Å². The van der Waals surface area contributed by atoms with Gasteiger partial charge in [-0.15, -0.1) is 0 Å². The second-order valence-corrected chi connectivity index (χ2v) is 10.2. The van der Waals surface area contributed by atoms with Gasteiger partial charge < -0.3 is 4.74 Å². The van der Waals surface area contributed by atoms with Crippen LogP contribution in [0.5, 0.6) is 5.75 Å². The van der Waals surface area contributed by atoms with Crippen molar-refractivity contribution in [2.75, 3.05) is 7.11 Å². The van der Waals surface area contributed by atoms with E-state index in [-0.39, 0.29) is 11.8 Å². The van der Waals surface area contributed by atoms with Gasteiger partial charge >= 0.3 is 0 Å². The zero-order chi connectivity index (χ0) is 21.9. The number of ketones is 1. The third kappa shape index (κ3) is 4.02. The Balaban J connectivity index is 2.32. The van der Waals surface area contributed by atoms with Gasteiger partial charge in [0.15, 0.2) is 5.78 Å². The summed E-state index contributed by atoms with van der Waals surface area (Å²) in [5.41, 5.74) is 1.03. The number of benzene rings is 2. The zero-order valence-corrected chi connectivity index (χ0v) is 19.0. The molecule has 30 heavy (non-hydrogen) atoms. The van der Waals surface area contributed by atoms with Gasteiger partial charge in [0, 0.05) is 11.1 Å². The molecule has 2 aromatic carbocycles. The molecule has 1 aliphatic heterocycles. The van der Waals surface area contributed by atoms with Crippen LogP contribution in [0.4, 0.5) is 0 Å². The summed E-state index contributed by atoms with van der Waals surface area (Å²) in [6.07, 6.45) is 3.15. The number of unbranched alkanes of at least 4 members (excludes halogenated alkanes) is 1. The summed E-state index contributed by atoms with van der Waals surface area (Å²) >= 11 is 0. The number of rotatable bonds is 7. The van der Waals surface area contributed by atoms with Gasteiger partial charge in [-0.25, -0.2) is 0 Å². The largest absolute Gasteiger partial charge is 0.497 e. The van der Waals surface area contributed by atoms with E-state index in [1.165, 1.54) is 6.92 Å². The molecule has 1 heterocycles. The monoisotopic (exact) mass is 431 g/mol. The average molecular weight is 432 g/mol. The van der Waals surface area contributed by atoms with Crippen LogP contribution in [0.25, 0.3) is 0 Å². The number of nitrogens with one attached hydrogen (secondary N) is 1. The minimum Gasteiger partial charge on any atom is -0.497 e. The fourth-order valence-corrected chi connectivity index (χ4v) is 7.21. The molecular formula is C24H33NO4S. The molecular weight excluding hydrogens is 398 g/mol. The first-order chi connectivity index (χ1) is 14.3. The summed E-state index contributed by atoms with van der Waals surface area (Å²) in [4.78, 5) is 13.3. The quantitative estimate of drug-likeness (QED) is 0.517. The first kappa shape index (κ1) is 22.8. The van der Waals surface area contributed by atoms with Gasteiger partial charge in [0.2, 0.25) is 0 Å². The van der Waals surface area contributed by atoms with Crippen LogP contribution in [0.15, 0.2) is 53.4 Å². The molecule has 0 fully saturated rings. The van der Waals surface area contributed by atoms with E-state index in [4.69, 9.17) is 4.74 Å². The van der Waals surface area contributed by atoms with Crippen LogP contribution in [-0.2, 0) is 4.79 Å². The van der Waals surface area contributed by atoms with Crippen molar-refractivity contribution in [1.82, 2.24) is 5.32 Å². The predicted octanol–water partition coefficient (Wildman–Crippen LogP) is 5.79. The van der Waals surface area contributed by atoms with E-state index in [0.29, 0.717) is 23.5 Å². The van der Waals surface area contributed by atoms with Gasteiger partial charge in [0.1, 0.15) is 11.0 Å². The maximum absolute atomic E-state index is 12.9. The Kier molecular flexibility index (Phi) is 6.92. The number of hydrogen-bond acceptors (Lipinski definition) is 5. The molecule has 2 aromatic rings. The molecule has 0 saturated carbocycles. The van der Waals surface area contributed by atoms with Crippen LogP contribution in [-0.4, -0.2) is 32.8 Å². The highest BCUT2D eigenvalue weighted by Gasteiger charge is 2.52. The summed E-state index contributed by atoms with van der Waals surface area (Å²) in [5.74, 6) is 0.444. The van der Waals surface area contributed by atoms with Crippen LogP contribution in [0, 0.1) is 0 Å². The van der Waals surface area contributed by atoms with Gasteiger partial charge in [-0.3, -0.25) is 19.2 Å². The number of ether oxygens (including phenoxy) is 1. The normalized spacial score (nSPS) is 26.3. The second-order valence-electron chi connectivity index (χ2n) is 8.09. The predicted molar refractivity (Wildman–Crippen MR) is 123 cm³/mol. The van der Waals surface area contributed by atoms with Crippen molar-refractivity contribution in [3.05, 3.63) is 59.7 Å². The molecule has 0 spiro atoms. The summed E-state index contributed by atoms with van der Waals surface area (Å²) in [6, 6.07) is 15.0. The first-order valence-corrected chi connectivity index (χ1v) is 12.2. The van der Waals surface area contributed by atoms with Gasteiger partial charge in [-0.1, -0.05) is 57.0 Å². The van der Waals surface area contributed by atoms with Gasteiger partial charge in [-0.2, -0.15) is 10.6 Å². The van der Waals surface area contributed by atoms with Crippen molar-refractivity contribution in [2.45, 2.75) is 68.2 Å². The number of Topliss-reactive ketones (excluding diaryl/α,β-unsaturated/α-hetero) is 1. The third-order valence-electron chi connectivity index (χ3n) is 6.22. The number of carbonyl (C=O) groups is 1. The van der Waals surface area contributed by atoms with Crippen molar-refractivity contribution in [2.24, 2.45) is 0 Å². The van der Waals surface area contributed by atoms with Crippen molar-refractivity contribution < 1.29 is 18.6 Å². The van der Waals surface area contributed by atoms with E-state index in [0.717, 1.165) is 24.0 Å². The van der Waals surface area contributed by atoms with Crippen LogP contribution in [0.2, 0.25) is 0 Å². The Labute approximate surface area is 181 Å². The zero-order valence-electron chi connectivity index (χ0n) is 18.2. The molecule has 0 saturated heterocycles. The summed E-state index contributed by atoms with van der Waals surface area (Å²) < 4.78 is 28.6. The Morgan fingerprint density at radius 2 is 1.87 bits per heavy atom. The molecule has 3 unspecified atom stereocenters. The number of methoxy groups -OCH3 is 1. The lowest BCUT2D eigenvalue weighted by atomic mass is 9.82. The van der Waals surface area contributed by atoms with Gasteiger partial charge in [0.05, 0.1) is 18.0 Å². The number of hydrogen-bond donors (Lipinski definition) is 3. The molecule has 3 rings (SSSR count). The smallest absolute Gasteiger partial charge is 0.154 e. The molecule has 0 radical (unpaired) electrons. The molecule has 0 aliphatic carbocycles. The Bertz CT molecular complexity index is 886. The summed E-state index contributed by atoms with van der Waals surface area (Å²) in [5, 5.41) is 2.83. The van der Waals surface area contributed by atoms with Gasteiger partial charge in [-0.05, 0) is 43.5 Å². The van der Waals surface area contributed by atoms with Crippen molar-refractivity contribution in [3.8, 4) is 5.75 Å². The van der Waals surface area contributed by atoms with E-state index in [2.05, 4.69) is 12.2 Å². The maximum Gasteiger partial charge on any atom is 0.154 e. The van der Waals surface area contributed by atoms with Gasteiger partial charge in [0.25, 0.3) is 0 Å². The van der Waals surface area contributed by atoms with Crippen molar-refractivity contribution in [1.29, 1.82) is 0 Å². The molecule has 1 aliphatic rings. The second kappa shape index (κ2) is 9.10. The van der Waals surface area contributed by atoms with E-state index in [1.807, 2.05) is 43.3 Å². The lowest BCUT2D eigenvalue weighted by Crippen LogP contribution is -2.57.